The van der Waals surface area contributed by atoms with Gasteiger partial charge in [0, 0.05) is 36.1 Å². The highest BCUT2D eigenvalue weighted by Crippen LogP contribution is 2.37. The van der Waals surface area contributed by atoms with Gasteiger partial charge >= 0.3 is 0 Å². The molecule has 9 nitrogen and oxygen atoms in total. The van der Waals surface area contributed by atoms with Crippen LogP contribution >= 0.6 is 0 Å². The summed E-state index contributed by atoms with van der Waals surface area (Å²) in [5, 5.41) is 8.48. The smallest absolute Gasteiger partial charge is 0.254 e. The Morgan fingerprint density at radius 3 is 2.60 bits per heavy atom. The van der Waals surface area contributed by atoms with Crippen molar-refractivity contribution in [2.75, 3.05) is 17.2 Å². The third kappa shape index (κ3) is 3.00. The molecule has 2 aromatic heterocycles. The van der Waals surface area contributed by atoms with Gasteiger partial charge in [0.2, 0.25) is 5.91 Å². The molecular weight excluding hydrogens is 389 g/mol. The molecule has 1 aliphatic rings. The van der Waals surface area contributed by atoms with Crippen molar-refractivity contribution in [3.8, 4) is 11.3 Å². The van der Waals surface area contributed by atoms with Crippen LogP contribution in [0.2, 0.25) is 0 Å². The quantitative estimate of drug-likeness (QED) is 0.670. The number of nitrogen functional groups attached to an aromatic ring is 1. The van der Waals surface area contributed by atoms with Crippen LogP contribution in [0.15, 0.2) is 18.2 Å². The second-order valence-electron chi connectivity index (χ2n) is 7.40. The molecule has 156 valence electrons. The molecule has 0 bridgehead atoms. The number of benzene rings is 1. The number of hydrogen-bond acceptors (Lipinski definition) is 5. The van der Waals surface area contributed by atoms with Crippen LogP contribution in [0.1, 0.15) is 27.3 Å². The molecule has 3 aromatic rings. The third-order valence-corrected chi connectivity index (χ3v) is 5.38. The summed E-state index contributed by atoms with van der Waals surface area (Å²) in [4.78, 5) is 26.2. The summed E-state index contributed by atoms with van der Waals surface area (Å²) in [6, 6.07) is 5.05. The number of carbonyl (C=O) groups excluding carboxylic acids is 2. The largest absolute Gasteiger partial charge is 0.383 e. The minimum Gasteiger partial charge on any atom is -0.383 e. The van der Waals surface area contributed by atoms with Crippen molar-refractivity contribution in [1.82, 2.24) is 19.6 Å². The lowest BCUT2D eigenvalue weighted by Gasteiger charge is -2.18. The van der Waals surface area contributed by atoms with Crippen LogP contribution < -0.4 is 16.4 Å². The Bertz CT molecular complexity index is 1190. The minimum absolute atomic E-state index is 0.0215. The number of halogens is 1. The predicted molar refractivity (Wildman–Crippen MR) is 109 cm³/mol. The van der Waals surface area contributed by atoms with E-state index in [-0.39, 0.29) is 35.1 Å². The highest BCUT2D eigenvalue weighted by Gasteiger charge is 2.31. The summed E-state index contributed by atoms with van der Waals surface area (Å²) >= 11 is 0. The average Bonchev–Trinajstić information content (AvgIpc) is 3.32. The summed E-state index contributed by atoms with van der Waals surface area (Å²) < 4.78 is 18.3. The van der Waals surface area contributed by atoms with Crippen molar-refractivity contribution in [1.29, 1.82) is 0 Å². The summed E-state index contributed by atoms with van der Waals surface area (Å²) in [5.74, 6) is -1.42. The van der Waals surface area contributed by atoms with Gasteiger partial charge in [0.25, 0.3) is 5.91 Å². The molecule has 3 heterocycles. The van der Waals surface area contributed by atoms with Crippen molar-refractivity contribution < 1.29 is 14.0 Å². The monoisotopic (exact) mass is 411 g/mol. The number of carbonyl (C=O) groups is 2. The van der Waals surface area contributed by atoms with E-state index in [4.69, 9.17) is 11.5 Å². The van der Waals surface area contributed by atoms with Gasteiger partial charge < -0.3 is 16.4 Å². The molecule has 4 rings (SSSR count). The number of aromatic nitrogens is 4. The number of nitrogens with zero attached hydrogens (tertiary/aromatic N) is 5. The van der Waals surface area contributed by atoms with Gasteiger partial charge in [-0.15, -0.1) is 0 Å². The number of rotatable bonds is 4. The first-order valence-corrected chi connectivity index (χ1v) is 9.44. The molecule has 0 aliphatic carbocycles. The SMILES string of the molecule is Cc1cc(C)n(CC(=O)N2CCc3c2ccc(-c2nn(C)c(N)c2C(N)=O)c3F)n1. The molecule has 0 atom stereocenters. The fourth-order valence-electron chi connectivity index (χ4n) is 3.90. The zero-order valence-corrected chi connectivity index (χ0v) is 16.9. The molecule has 0 radical (unpaired) electrons. The fraction of sp³-hybridized carbons (Fsp3) is 0.300. The van der Waals surface area contributed by atoms with E-state index < -0.39 is 11.7 Å². The lowest BCUT2D eigenvalue weighted by Crippen LogP contribution is -2.32. The van der Waals surface area contributed by atoms with Gasteiger partial charge in [-0.2, -0.15) is 10.2 Å². The summed E-state index contributed by atoms with van der Waals surface area (Å²) in [6.45, 7) is 4.18. The van der Waals surface area contributed by atoms with Gasteiger partial charge in [0.1, 0.15) is 29.4 Å². The zero-order chi connectivity index (χ0) is 21.7. The molecule has 0 unspecified atom stereocenters. The molecule has 0 saturated carbocycles. The lowest BCUT2D eigenvalue weighted by molar-refractivity contribution is -0.119. The Morgan fingerprint density at radius 1 is 1.23 bits per heavy atom. The first-order valence-electron chi connectivity index (χ1n) is 9.44. The zero-order valence-electron chi connectivity index (χ0n) is 16.9. The highest BCUT2D eigenvalue weighted by molar-refractivity contribution is 6.03. The minimum atomic E-state index is -0.780. The molecule has 1 aliphatic heterocycles. The molecule has 30 heavy (non-hydrogen) atoms. The molecular formula is C20H22FN7O2. The molecule has 4 N–H and O–H groups in total. The van der Waals surface area contributed by atoms with Crippen molar-refractivity contribution in [2.45, 2.75) is 26.8 Å². The number of aryl methyl sites for hydroxylation is 3. The molecule has 10 heteroatoms. The average molecular weight is 411 g/mol. The van der Waals surface area contributed by atoms with Gasteiger partial charge in [-0.1, -0.05) is 0 Å². The van der Waals surface area contributed by atoms with Gasteiger partial charge in [-0.25, -0.2) is 4.39 Å². The second kappa shape index (κ2) is 6.97. The van der Waals surface area contributed by atoms with Crippen LogP contribution in [-0.2, 0) is 24.8 Å². The molecule has 1 aromatic carbocycles. The van der Waals surface area contributed by atoms with Crippen molar-refractivity contribution >= 4 is 23.3 Å². The first kappa shape index (κ1) is 19.6. The summed E-state index contributed by atoms with van der Waals surface area (Å²) in [6.07, 6.45) is 0.353. The summed E-state index contributed by atoms with van der Waals surface area (Å²) in [5.41, 5.74) is 14.1. The molecule has 0 spiro atoms. The van der Waals surface area contributed by atoms with Crippen LogP contribution in [0.25, 0.3) is 11.3 Å². The summed E-state index contributed by atoms with van der Waals surface area (Å²) in [7, 11) is 1.55. The maximum absolute atomic E-state index is 15.4. The topological polar surface area (TPSA) is 125 Å². The number of amides is 2. The number of hydrogen-bond donors (Lipinski definition) is 2. The van der Waals surface area contributed by atoms with E-state index in [1.54, 1.807) is 22.7 Å². The number of anilines is 2. The van der Waals surface area contributed by atoms with Gasteiger partial charge in [0.15, 0.2) is 0 Å². The number of nitrogens with two attached hydrogens (primary N) is 2. The maximum Gasteiger partial charge on any atom is 0.254 e. The van der Waals surface area contributed by atoms with Crippen molar-refractivity contribution in [2.24, 2.45) is 12.8 Å². The predicted octanol–water partition coefficient (Wildman–Crippen LogP) is 1.31. The van der Waals surface area contributed by atoms with E-state index in [1.807, 2.05) is 19.9 Å². The van der Waals surface area contributed by atoms with Crippen molar-refractivity contribution in [3.05, 3.63) is 46.5 Å². The lowest BCUT2D eigenvalue weighted by atomic mass is 10.0. The van der Waals surface area contributed by atoms with E-state index in [2.05, 4.69) is 10.2 Å². The van der Waals surface area contributed by atoms with E-state index in [9.17, 15) is 9.59 Å². The standard InChI is InChI=1S/C20H22FN7O2/c1-10-8-11(2)28(24-10)9-15(29)27-7-6-12-14(27)5-4-13(17(12)21)18-16(20(23)30)19(22)26(3)25-18/h4-5,8H,6-7,9,22H2,1-3H3,(H2,23,30). The Labute approximate surface area is 172 Å². The Balaban J connectivity index is 1.69. The first-order chi connectivity index (χ1) is 14.2. The van der Waals surface area contributed by atoms with Crippen LogP contribution in [0, 0.1) is 19.7 Å². The third-order valence-electron chi connectivity index (χ3n) is 5.38. The van der Waals surface area contributed by atoms with Crippen LogP contribution in [0.3, 0.4) is 0 Å². The van der Waals surface area contributed by atoms with E-state index in [0.717, 1.165) is 11.4 Å². The molecule has 0 saturated heterocycles. The molecule has 0 fully saturated rings. The second-order valence-corrected chi connectivity index (χ2v) is 7.40. The normalized spacial score (nSPS) is 13.0. The van der Waals surface area contributed by atoms with Gasteiger partial charge in [-0.05, 0) is 38.5 Å². The van der Waals surface area contributed by atoms with Crippen LogP contribution in [0.4, 0.5) is 15.9 Å². The van der Waals surface area contributed by atoms with Gasteiger partial charge in [0.05, 0.1) is 5.69 Å². The fourth-order valence-corrected chi connectivity index (χ4v) is 3.90. The van der Waals surface area contributed by atoms with Crippen molar-refractivity contribution in [3.63, 3.8) is 0 Å². The number of fused-ring (bicyclic) bond motifs is 1. The van der Waals surface area contributed by atoms with Gasteiger partial charge in [-0.3, -0.25) is 19.0 Å². The maximum atomic E-state index is 15.4. The number of primary amides is 1. The van der Waals surface area contributed by atoms with Crippen LogP contribution in [-0.4, -0.2) is 37.9 Å². The molecule has 2 amide bonds. The highest BCUT2D eigenvalue weighted by atomic mass is 19.1. The Morgan fingerprint density at radius 2 is 1.97 bits per heavy atom. The van der Waals surface area contributed by atoms with E-state index >= 15 is 4.39 Å². The Kier molecular flexibility index (Phi) is 4.56. The van der Waals surface area contributed by atoms with E-state index in [1.165, 1.54) is 10.7 Å². The Hall–Kier alpha value is -3.69. The van der Waals surface area contributed by atoms with E-state index in [0.29, 0.717) is 24.2 Å². The van der Waals surface area contributed by atoms with Crippen LogP contribution in [0.5, 0.6) is 0 Å².